The molecule has 0 unspecified atom stereocenters. The molecule has 8 heteroatoms. The average molecular weight is 297 g/mol. The highest BCUT2D eigenvalue weighted by molar-refractivity contribution is 7.80. The van der Waals surface area contributed by atoms with Crippen molar-refractivity contribution in [1.82, 2.24) is 0 Å². The number of esters is 1. The Hall–Kier alpha value is -0.960. The summed E-state index contributed by atoms with van der Waals surface area (Å²) < 4.78 is 36.9. The molecule has 7 nitrogen and oxygen atoms in total. The van der Waals surface area contributed by atoms with Gasteiger partial charge in [0.25, 0.3) is 0 Å². The van der Waals surface area contributed by atoms with Crippen LogP contribution in [0.5, 0.6) is 0 Å². The smallest absolute Gasteiger partial charge is 0.330 e. The van der Waals surface area contributed by atoms with Crippen LogP contribution in [0.3, 0.4) is 0 Å². The van der Waals surface area contributed by atoms with E-state index in [-0.39, 0.29) is 5.97 Å². The number of allylic oxidation sites excluding steroid dienone is 1. The van der Waals surface area contributed by atoms with Crippen LogP contribution in [0.1, 0.15) is 13.3 Å². The van der Waals surface area contributed by atoms with E-state index in [2.05, 4.69) is 25.3 Å². The van der Waals surface area contributed by atoms with Gasteiger partial charge in [0.1, 0.15) is 0 Å². The molecule has 0 amide bonds. The fraction of sp³-hybridized carbons (Fsp3) is 0.727. The minimum absolute atomic E-state index is 0.246. The largest absolute Gasteiger partial charge is 0.726 e. The first-order valence-electron chi connectivity index (χ1n) is 5.63. The highest BCUT2D eigenvalue weighted by atomic mass is 32.3. The Morgan fingerprint density at radius 1 is 1.32 bits per heavy atom. The van der Waals surface area contributed by atoms with Gasteiger partial charge in [-0.05, 0) is 6.92 Å². The molecule has 19 heavy (non-hydrogen) atoms. The Bertz CT molecular complexity index is 369. The van der Waals surface area contributed by atoms with E-state index in [1.54, 1.807) is 13.0 Å². The van der Waals surface area contributed by atoms with Crippen molar-refractivity contribution in [2.75, 3.05) is 41.4 Å². The first-order chi connectivity index (χ1) is 8.52. The standard InChI is InChI=1S/C10H20NO2.CH4O4S/c1-5-7-10(12)13-9-6-8-11(2,3)4;1-5-6(2,3)4/h5,7H,6,8-9H2,1-4H3;1H3,(H,2,3,4)/q+1;/p-1. The first kappa shape index (κ1) is 20.4. The summed E-state index contributed by atoms with van der Waals surface area (Å²) >= 11 is 0. The minimum Gasteiger partial charge on any atom is -0.726 e. The Morgan fingerprint density at radius 2 is 1.79 bits per heavy atom. The van der Waals surface area contributed by atoms with Crippen molar-refractivity contribution in [2.45, 2.75) is 13.3 Å². The van der Waals surface area contributed by atoms with Gasteiger partial charge in [-0.15, -0.1) is 0 Å². The summed E-state index contributed by atoms with van der Waals surface area (Å²) in [7, 11) is 2.75. The lowest BCUT2D eigenvalue weighted by Crippen LogP contribution is -2.35. The third-order valence-corrected chi connectivity index (χ3v) is 2.13. The van der Waals surface area contributed by atoms with Crippen LogP contribution in [0.4, 0.5) is 0 Å². The van der Waals surface area contributed by atoms with Crippen LogP contribution >= 0.6 is 0 Å². The lowest BCUT2D eigenvalue weighted by atomic mass is 10.4. The predicted molar refractivity (Wildman–Crippen MR) is 70.0 cm³/mol. The van der Waals surface area contributed by atoms with E-state index >= 15 is 0 Å². The summed E-state index contributed by atoms with van der Waals surface area (Å²) in [6.45, 7) is 3.33. The van der Waals surface area contributed by atoms with Crippen LogP contribution in [0.15, 0.2) is 12.2 Å². The number of ether oxygens (including phenoxy) is 1. The van der Waals surface area contributed by atoms with Gasteiger partial charge in [-0.2, -0.15) is 0 Å². The lowest BCUT2D eigenvalue weighted by Gasteiger charge is -2.23. The summed E-state index contributed by atoms with van der Waals surface area (Å²) in [5, 5.41) is 0. The monoisotopic (exact) mass is 297 g/mol. The molecule has 0 spiro atoms. The van der Waals surface area contributed by atoms with Gasteiger partial charge in [0, 0.05) is 12.5 Å². The topological polar surface area (TPSA) is 92.7 Å². The van der Waals surface area contributed by atoms with Gasteiger partial charge in [0.15, 0.2) is 0 Å². The number of carbonyl (C=O) groups is 1. The van der Waals surface area contributed by atoms with Crippen LogP contribution < -0.4 is 0 Å². The van der Waals surface area contributed by atoms with Gasteiger partial charge in [0.2, 0.25) is 10.4 Å². The molecule has 0 heterocycles. The fourth-order valence-corrected chi connectivity index (χ4v) is 0.896. The van der Waals surface area contributed by atoms with Gasteiger partial charge >= 0.3 is 5.97 Å². The molecule has 0 saturated carbocycles. The fourth-order valence-electron chi connectivity index (χ4n) is 0.896. The number of nitrogens with zero attached hydrogens (tertiary/aromatic N) is 1. The van der Waals surface area contributed by atoms with Gasteiger partial charge in [-0.3, -0.25) is 4.18 Å². The average Bonchev–Trinajstić information content (AvgIpc) is 2.23. The number of carbonyl (C=O) groups excluding carboxylic acids is 1. The van der Waals surface area contributed by atoms with Gasteiger partial charge < -0.3 is 13.8 Å². The minimum atomic E-state index is -4.41. The molecule has 0 bridgehead atoms. The van der Waals surface area contributed by atoms with Crippen LogP contribution in [-0.4, -0.2) is 64.8 Å². The Labute approximate surface area is 115 Å². The van der Waals surface area contributed by atoms with E-state index < -0.39 is 10.4 Å². The highest BCUT2D eigenvalue weighted by Crippen LogP contribution is 1.94. The molecule has 0 aromatic carbocycles. The number of quaternary nitrogens is 1. The van der Waals surface area contributed by atoms with Gasteiger partial charge in [-0.25, -0.2) is 13.2 Å². The van der Waals surface area contributed by atoms with Crippen molar-refractivity contribution in [3.05, 3.63) is 12.2 Å². The highest BCUT2D eigenvalue weighted by Gasteiger charge is 2.06. The second kappa shape index (κ2) is 9.90. The van der Waals surface area contributed by atoms with E-state index in [1.165, 1.54) is 6.08 Å². The lowest BCUT2D eigenvalue weighted by molar-refractivity contribution is -0.870. The molecule has 0 aromatic heterocycles. The second-order valence-corrected chi connectivity index (χ2v) is 5.76. The molecule has 0 aliphatic rings. The molecule has 0 fully saturated rings. The zero-order valence-corrected chi connectivity index (χ0v) is 12.9. The van der Waals surface area contributed by atoms with Crippen LogP contribution in [-0.2, 0) is 24.1 Å². The van der Waals surface area contributed by atoms with Crippen molar-refractivity contribution >= 4 is 16.4 Å². The Morgan fingerprint density at radius 3 is 2.11 bits per heavy atom. The molecular formula is C11H23NO6S. The molecule has 0 radical (unpaired) electrons. The molecule has 0 aromatic rings. The summed E-state index contributed by atoms with van der Waals surface area (Å²) in [6, 6.07) is 0. The normalized spacial score (nSPS) is 11.9. The maximum absolute atomic E-state index is 10.9. The van der Waals surface area contributed by atoms with Crippen molar-refractivity contribution in [3.8, 4) is 0 Å². The molecule has 0 aliphatic heterocycles. The van der Waals surface area contributed by atoms with Gasteiger partial charge in [0.05, 0.1) is 41.4 Å². The second-order valence-electron chi connectivity index (χ2n) is 4.61. The predicted octanol–water partition coefficient (Wildman–Crippen LogP) is 0.295. The molecule has 0 rings (SSSR count). The van der Waals surface area contributed by atoms with Crippen LogP contribution in [0, 0.1) is 0 Å². The van der Waals surface area contributed by atoms with Gasteiger partial charge in [-0.1, -0.05) is 6.08 Å². The van der Waals surface area contributed by atoms with Crippen LogP contribution in [0.2, 0.25) is 0 Å². The van der Waals surface area contributed by atoms with E-state index in [0.29, 0.717) is 6.61 Å². The zero-order valence-electron chi connectivity index (χ0n) is 12.1. The molecule has 114 valence electrons. The third-order valence-electron chi connectivity index (χ3n) is 1.72. The first-order valence-corrected chi connectivity index (χ1v) is 6.96. The van der Waals surface area contributed by atoms with Crippen LogP contribution in [0.25, 0.3) is 0 Å². The molecular weight excluding hydrogens is 274 g/mol. The van der Waals surface area contributed by atoms with E-state index in [9.17, 15) is 17.8 Å². The third kappa shape index (κ3) is 22.7. The van der Waals surface area contributed by atoms with Crippen molar-refractivity contribution in [2.24, 2.45) is 0 Å². The summed E-state index contributed by atoms with van der Waals surface area (Å²) in [5.41, 5.74) is 0. The van der Waals surface area contributed by atoms with E-state index in [0.717, 1.165) is 24.6 Å². The maximum Gasteiger partial charge on any atom is 0.330 e. The number of hydrogen-bond acceptors (Lipinski definition) is 6. The molecule has 0 saturated heterocycles. The van der Waals surface area contributed by atoms with Crippen molar-refractivity contribution in [3.63, 3.8) is 0 Å². The molecule has 0 aliphatic carbocycles. The number of rotatable bonds is 6. The SMILES string of the molecule is CC=CC(=O)OCCC[N+](C)(C)C.COS(=O)(=O)[O-]. The summed E-state index contributed by atoms with van der Waals surface area (Å²) in [5.74, 6) is -0.246. The number of hydrogen-bond donors (Lipinski definition) is 0. The summed E-state index contributed by atoms with van der Waals surface area (Å²) in [4.78, 5) is 10.9. The van der Waals surface area contributed by atoms with E-state index in [1.807, 2.05) is 0 Å². The maximum atomic E-state index is 10.9. The summed E-state index contributed by atoms with van der Waals surface area (Å²) in [6.07, 6.45) is 4.03. The Balaban J connectivity index is 0. The molecule has 0 atom stereocenters. The quantitative estimate of drug-likeness (QED) is 0.175. The van der Waals surface area contributed by atoms with E-state index in [4.69, 9.17) is 4.74 Å². The Kier molecular flexibility index (Phi) is 10.6. The van der Waals surface area contributed by atoms with Crippen molar-refractivity contribution in [1.29, 1.82) is 0 Å². The zero-order chi connectivity index (χ0) is 15.5. The molecule has 0 N–H and O–H groups in total. The van der Waals surface area contributed by atoms with Crippen molar-refractivity contribution < 1.29 is 31.2 Å².